The van der Waals surface area contributed by atoms with Gasteiger partial charge in [-0.15, -0.1) is 0 Å². The average Bonchev–Trinajstić information content (AvgIpc) is 3.25. The van der Waals surface area contributed by atoms with Crippen molar-refractivity contribution in [3.05, 3.63) is 35.0 Å². The quantitative estimate of drug-likeness (QED) is 0.609. The first-order valence-corrected chi connectivity index (χ1v) is 9.72. The van der Waals surface area contributed by atoms with E-state index in [4.69, 9.17) is 9.52 Å². The van der Waals surface area contributed by atoms with Crippen LogP contribution in [0.3, 0.4) is 0 Å². The van der Waals surface area contributed by atoms with Crippen LogP contribution in [-0.4, -0.2) is 70.0 Å². The normalized spacial score (nSPS) is 16.1. The summed E-state index contributed by atoms with van der Waals surface area (Å²) in [6.07, 6.45) is 2.56. The fraction of sp³-hybridized carbons (Fsp3) is 0.632. The fourth-order valence-corrected chi connectivity index (χ4v) is 3.54. The third-order valence-electron chi connectivity index (χ3n) is 5.17. The number of nitrogens with one attached hydrogen (secondary N) is 1. The molecule has 1 aliphatic rings. The van der Waals surface area contributed by atoms with E-state index in [0.717, 1.165) is 69.6 Å². The van der Waals surface area contributed by atoms with Gasteiger partial charge in [0, 0.05) is 64.6 Å². The predicted octanol–water partition coefficient (Wildman–Crippen LogP) is 1.35. The molecule has 3 rings (SSSR count). The summed E-state index contributed by atoms with van der Waals surface area (Å²) in [7, 11) is 2.00. The Labute approximate surface area is 161 Å². The molecule has 0 unspecified atom stereocenters. The molecule has 0 amide bonds. The topological polar surface area (TPSA) is 74.7 Å². The summed E-state index contributed by atoms with van der Waals surface area (Å²) in [5.74, 6) is 1.01. The molecule has 1 saturated heterocycles. The van der Waals surface area contributed by atoms with Gasteiger partial charge in [0.25, 0.3) is 0 Å². The first-order chi connectivity index (χ1) is 13.1. The van der Waals surface area contributed by atoms with Crippen molar-refractivity contribution in [1.82, 2.24) is 30.1 Å². The lowest BCUT2D eigenvalue weighted by Crippen LogP contribution is -2.52. The van der Waals surface area contributed by atoms with Crippen molar-refractivity contribution >= 4 is 5.96 Å². The smallest absolute Gasteiger partial charge is 0.194 e. The molecule has 1 N–H and O–H groups in total. The van der Waals surface area contributed by atoms with Crippen LogP contribution in [0.4, 0.5) is 0 Å². The van der Waals surface area contributed by atoms with Crippen LogP contribution in [0.5, 0.6) is 0 Å². The van der Waals surface area contributed by atoms with Gasteiger partial charge in [-0.05, 0) is 32.8 Å². The summed E-state index contributed by atoms with van der Waals surface area (Å²) >= 11 is 0. The van der Waals surface area contributed by atoms with Crippen molar-refractivity contribution in [2.45, 2.75) is 33.7 Å². The fourth-order valence-electron chi connectivity index (χ4n) is 3.54. The zero-order chi connectivity index (χ0) is 19.2. The molecule has 0 spiro atoms. The standard InChI is InChI=1S/C19H31N7O/c1-5-20-19(21-8-6-18-15(2)22-24(4)16(18)3)26-11-9-25(10-12-26)14-17-7-13-27-23-17/h7,13H,5-6,8-12,14H2,1-4H3,(H,20,21). The first kappa shape index (κ1) is 19.4. The van der Waals surface area contributed by atoms with Crippen molar-refractivity contribution < 1.29 is 4.52 Å². The number of piperazine rings is 1. The molecule has 0 aromatic carbocycles. The number of aromatic nitrogens is 3. The van der Waals surface area contributed by atoms with E-state index in [1.807, 2.05) is 17.8 Å². The monoisotopic (exact) mass is 373 g/mol. The number of hydrogen-bond donors (Lipinski definition) is 1. The zero-order valence-electron chi connectivity index (χ0n) is 16.9. The van der Waals surface area contributed by atoms with E-state index in [9.17, 15) is 0 Å². The van der Waals surface area contributed by atoms with Gasteiger partial charge < -0.3 is 14.7 Å². The Bertz CT molecular complexity index is 742. The Hall–Kier alpha value is -2.35. The average molecular weight is 374 g/mol. The van der Waals surface area contributed by atoms with Gasteiger partial charge >= 0.3 is 0 Å². The lowest BCUT2D eigenvalue weighted by molar-refractivity contribution is 0.169. The molecule has 8 heteroatoms. The van der Waals surface area contributed by atoms with Crippen molar-refractivity contribution in [1.29, 1.82) is 0 Å². The van der Waals surface area contributed by atoms with E-state index in [-0.39, 0.29) is 0 Å². The highest BCUT2D eigenvalue weighted by molar-refractivity contribution is 5.80. The number of nitrogens with zero attached hydrogens (tertiary/aromatic N) is 6. The second kappa shape index (κ2) is 9.03. The van der Waals surface area contributed by atoms with Crippen LogP contribution < -0.4 is 5.32 Å². The van der Waals surface area contributed by atoms with E-state index in [1.54, 1.807) is 6.26 Å². The van der Waals surface area contributed by atoms with Gasteiger partial charge in [-0.2, -0.15) is 5.10 Å². The van der Waals surface area contributed by atoms with Gasteiger partial charge in [0.2, 0.25) is 0 Å². The molecule has 1 fully saturated rings. The van der Waals surface area contributed by atoms with Gasteiger partial charge in [-0.3, -0.25) is 14.6 Å². The molecular weight excluding hydrogens is 342 g/mol. The lowest BCUT2D eigenvalue weighted by atomic mass is 10.1. The van der Waals surface area contributed by atoms with E-state index < -0.39 is 0 Å². The van der Waals surface area contributed by atoms with E-state index in [1.165, 1.54) is 11.3 Å². The summed E-state index contributed by atoms with van der Waals surface area (Å²) in [5, 5.41) is 11.9. The highest BCUT2D eigenvalue weighted by Crippen LogP contribution is 2.13. The van der Waals surface area contributed by atoms with Crippen LogP contribution in [-0.2, 0) is 20.0 Å². The second-order valence-corrected chi connectivity index (χ2v) is 7.01. The third kappa shape index (κ3) is 4.88. The van der Waals surface area contributed by atoms with Crippen LogP contribution in [0.2, 0.25) is 0 Å². The molecule has 0 radical (unpaired) electrons. The molecular formula is C19H31N7O. The van der Waals surface area contributed by atoms with Gasteiger partial charge in [0.15, 0.2) is 5.96 Å². The SMILES string of the molecule is CCNC(=NCCc1c(C)nn(C)c1C)N1CCN(Cc2ccon2)CC1. The Morgan fingerprint density at radius 1 is 1.26 bits per heavy atom. The molecule has 2 aromatic heterocycles. The minimum atomic E-state index is 0.773. The maximum atomic E-state index is 4.92. The molecule has 0 atom stereocenters. The molecule has 0 aliphatic carbocycles. The lowest BCUT2D eigenvalue weighted by Gasteiger charge is -2.36. The van der Waals surface area contributed by atoms with Gasteiger partial charge in [0.1, 0.15) is 6.26 Å². The van der Waals surface area contributed by atoms with Crippen molar-refractivity contribution in [2.24, 2.45) is 12.0 Å². The minimum absolute atomic E-state index is 0.773. The first-order valence-electron chi connectivity index (χ1n) is 9.72. The molecule has 3 heterocycles. The molecule has 0 bridgehead atoms. The molecule has 148 valence electrons. The van der Waals surface area contributed by atoms with E-state index in [2.05, 4.69) is 46.1 Å². The van der Waals surface area contributed by atoms with Crippen LogP contribution in [0.25, 0.3) is 0 Å². The van der Waals surface area contributed by atoms with E-state index >= 15 is 0 Å². The number of rotatable bonds is 6. The summed E-state index contributed by atoms with van der Waals surface area (Å²) in [6.45, 7) is 12.7. The predicted molar refractivity (Wildman–Crippen MR) is 106 cm³/mol. The van der Waals surface area contributed by atoms with Gasteiger partial charge in [0.05, 0.1) is 11.4 Å². The highest BCUT2D eigenvalue weighted by atomic mass is 16.5. The summed E-state index contributed by atoms with van der Waals surface area (Å²) in [6, 6.07) is 1.93. The third-order valence-corrected chi connectivity index (χ3v) is 5.17. The zero-order valence-corrected chi connectivity index (χ0v) is 16.9. The summed E-state index contributed by atoms with van der Waals surface area (Å²) < 4.78 is 6.88. The van der Waals surface area contributed by atoms with Crippen LogP contribution in [0.1, 0.15) is 29.6 Å². The van der Waals surface area contributed by atoms with Gasteiger partial charge in [-0.25, -0.2) is 0 Å². The summed E-state index contributed by atoms with van der Waals surface area (Å²) in [4.78, 5) is 9.63. The van der Waals surface area contributed by atoms with Crippen LogP contribution in [0.15, 0.2) is 21.8 Å². The molecule has 1 aliphatic heterocycles. The number of aliphatic imine (C=N–C) groups is 1. The molecule has 8 nitrogen and oxygen atoms in total. The van der Waals surface area contributed by atoms with Crippen molar-refractivity contribution in [2.75, 3.05) is 39.3 Å². The molecule has 27 heavy (non-hydrogen) atoms. The Kier molecular flexibility index (Phi) is 6.49. The second-order valence-electron chi connectivity index (χ2n) is 7.01. The molecule has 0 saturated carbocycles. The van der Waals surface area contributed by atoms with E-state index in [0.29, 0.717) is 0 Å². The largest absolute Gasteiger partial charge is 0.364 e. The Morgan fingerprint density at radius 2 is 2.04 bits per heavy atom. The number of hydrogen-bond acceptors (Lipinski definition) is 5. The number of guanidine groups is 1. The minimum Gasteiger partial charge on any atom is -0.364 e. The maximum absolute atomic E-state index is 4.92. The van der Waals surface area contributed by atoms with Crippen molar-refractivity contribution in [3.8, 4) is 0 Å². The Morgan fingerprint density at radius 3 is 2.63 bits per heavy atom. The summed E-state index contributed by atoms with van der Waals surface area (Å²) in [5.41, 5.74) is 4.65. The highest BCUT2D eigenvalue weighted by Gasteiger charge is 2.20. The maximum Gasteiger partial charge on any atom is 0.194 e. The van der Waals surface area contributed by atoms with Crippen LogP contribution in [0, 0.1) is 13.8 Å². The van der Waals surface area contributed by atoms with Gasteiger partial charge in [-0.1, -0.05) is 5.16 Å². The van der Waals surface area contributed by atoms with Crippen LogP contribution >= 0.6 is 0 Å². The Balaban J connectivity index is 1.54. The van der Waals surface area contributed by atoms with Crippen molar-refractivity contribution in [3.63, 3.8) is 0 Å². The number of aryl methyl sites for hydroxylation is 2. The molecule has 2 aromatic rings.